The molecule has 4 amide bonds. The molecule has 4 saturated carbocycles. The number of benzene rings is 2. The van der Waals surface area contributed by atoms with Gasteiger partial charge in [-0.2, -0.15) is 16.8 Å². The van der Waals surface area contributed by atoms with Crippen LogP contribution in [0.4, 0.5) is 0 Å². The Kier molecular flexibility index (Phi) is 23.1. The van der Waals surface area contributed by atoms with Gasteiger partial charge < -0.3 is 38.2 Å². The Morgan fingerprint density at radius 2 is 0.971 bits per heavy atom. The molecule has 10 atom stereocenters. The number of carbonyl (C=O) groups excluding carboxylic acids is 8. The Morgan fingerprint density at radius 1 is 0.578 bits per heavy atom. The summed E-state index contributed by atoms with van der Waals surface area (Å²) in [6, 6.07) is 12.5. The fourth-order valence-corrected chi connectivity index (χ4v) is 15.7. The Balaban J connectivity index is 0.000000237. The zero-order valence-corrected chi connectivity index (χ0v) is 62.8. The van der Waals surface area contributed by atoms with Crippen LogP contribution in [-0.2, 0) is 76.8 Å². The third-order valence-corrected chi connectivity index (χ3v) is 21.5. The summed E-state index contributed by atoms with van der Waals surface area (Å²) in [4.78, 5) is 123. The summed E-state index contributed by atoms with van der Waals surface area (Å²) in [6.07, 6.45) is 5.13. The van der Waals surface area contributed by atoms with E-state index in [9.17, 15) is 55.2 Å². The lowest BCUT2D eigenvalue weighted by Gasteiger charge is -2.35. The molecule has 0 spiro atoms. The van der Waals surface area contributed by atoms with Crippen LogP contribution < -0.4 is 28.4 Å². The maximum Gasteiger partial charge on any atom is 0.362 e. The third kappa shape index (κ3) is 19.5. The Morgan fingerprint density at radius 3 is 1.30 bits per heavy atom. The van der Waals surface area contributed by atoms with Crippen molar-refractivity contribution in [3.8, 4) is 23.3 Å². The number of nitrogens with one attached hydrogen (secondary N) is 2. The number of Topliss-reactive ketones (excluding diaryl/α,β-unsaturated/α-hetero) is 2. The van der Waals surface area contributed by atoms with Gasteiger partial charge in [0.15, 0.2) is 11.6 Å². The highest BCUT2D eigenvalue weighted by Crippen LogP contribution is 2.59. The van der Waals surface area contributed by atoms with Gasteiger partial charge in [0.2, 0.25) is 35.4 Å². The van der Waals surface area contributed by atoms with Crippen molar-refractivity contribution in [1.82, 2.24) is 29.2 Å². The summed E-state index contributed by atoms with van der Waals surface area (Å²) in [7, 11) is -5.57. The van der Waals surface area contributed by atoms with E-state index in [0.717, 1.165) is 16.2 Å². The number of pyridine rings is 2. The molecule has 4 aromatic rings. The number of hydrogen-bond donors (Lipinski definition) is 2. The van der Waals surface area contributed by atoms with Crippen molar-refractivity contribution in [2.75, 3.05) is 27.3 Å². The quantitative estimate of drug-likeness (QED) is 0.0394. The highest BCUT2D eigenvalue weighted by Gasteiger charge is 2.63. The zero-order chi connectivity index (χ0) is 75.0. The summed E-state index contributed by atoms with van der Waals surface area (Å²) in [5.41, 5.74) is -5.52. The van der Waals surface area contributed by atoms with Crippen LogP contribution in [0.25, 0.3) is 21.5 Å². The standard InChI is InChI=1S/C37H51N3O10S.C37H49N3O10S/c2*1-9-23-19-37(23,34(44)39-51(45,46)50-24-10-11-24)20-30(41)29-17-26(48-32-27-13-12-25(47-8)16-22(27)14-15-38-32)21-40(29)33(43)28(35(2,3)4)18-31(42)49-36(5,6)7/h12-16,23-24,26,28-29H,9-11,17-21H2,1-8H3,(H,39,44);9,12-16,23-24,26,28-29H,1,10-11,17-21H2,2-8H3,(H,39,44)/t2*23-,26-,28-,29+,37-/m11/s1. The number of rotatable bonds is 28. The van der Waals surface area contributed by atoms with Crippen molar-refractivity contribution in [3.05, 3.63) is 73.6 Å². The second-order valence-corrected chi connectivity index (χ2v) is 34.7. The molecule has 2 saturated heterocycles. The van der Waals surface area contributed by atoms with Gasteiger partial charge in [-0.1, -0.05) is 61.0 Å². The van der Waals surface area contributed by atoms with Crippen LogP contribution in [0.3, 0.4) is 0 Å². The van der Waals surface area contributed by atoms with Gasteiger partial charge in [-0.15, -0.1) is 6.58 Å². The SMILES string of the molecule is C=C[C@@H]1C[C@]1(CC(=O)[C@@H]1C[C@@H](Oc2nccc3cc(OC)ccc23)CN1C(=O)[C@@H](CC(=O)OC(C)(C)C)C(C)(C)C)C(=O)NS(=O)(=O)OC1CC1.CC[C@@H]1C[C@]1(CC(=O)[C@@H]1C[C@@H](Oc2nccc3cc(OC)ccc23)CN1C(=O)[C@@H](CC(=O)OC(C)(C)C)C(C)(C)C)C(=O)NS(=O)(=O)OC1CC1. The molecule has 0 bridgehead atoms. The number of fused-ring (bicyclic) bond motifs is 2. The monoisotopic (exact) mass is 1460 g/mol. The first-order valence-corrected chi connectivity index (χ1v) is 37.7. The molecule has 26 nitrogen and oxygen atoms in total. The molecule has 558 valence electrons. The normalized spacial score (nSPS) is 24.1. The van der Waals surface area contributed by atoms with Crippen molar-refractivity contribution in [2.24, 2.45) is 45.3 Å². The predicted molar refractivity (Wildman–Crippen MR) is 376 cm³/mol. The minimum Gasteiger partial charge on any atom is -0.497 e. The van der Waals surface area contributed by atoms with E-state index in [0.29, 0.717) is 67.2 Å². The van der Waals surface area contributed by atoms with Crippen LogP contribution >= 0.6 is 0 Å². The maximum atomic E-state index is 14.5. The van der Waals surface area contributed by atoms with Gasteiger partial charge in [-0.25, -0.2) is 19.4 Å². The van der Waals surface area contributed by atoms with E-state index in [1.165, 1.54) is 15.9 Å². The lowest BCUT2D eigenvalue weighted by Crippen LogP contribution is -2.48. The molecule has 0 unspecified atom stereocenters. The number of amides is 4. The van der Waals surface area contributed by atoms with Crippen molar-refractivity contribution in [2.45, 2.75) is 221 Å². The van der Waals surface area contributed by atoms with Gasteiger partial charge >= 0.3 is 32.5 Å². The van der Waals surface area contributed by atoms with Gasteiger partial charge in [-0.05, 0) is 162 Å². The van der Waals surface area contributed by atoms with Crippen LogP contribution in [0, 0.1) is 45.3 Å². The second kappa shape index (κ2) is 30.1. The molecule has 6 fully saturated rings. The fourth-order valence-electron chi connectivity index (χ4n) is 13.6. The van der Waals surface area contributed by atoms with Crippen molar-refractivity contribution < 1.29 is 92.0 Å². The summed E-state index contributed by atoms with van der Waals surface area (Å²) in [5, 5.41) is 3.08. The molecule has 4 heterocycles. The highest BCUT2D eigenvalue weighted by atomic mass is 32.2. The molecule has 0 radical (unpaired) electrons. The van der Waals surface area contributed by atoms with Crippen molar-refractivity contribution >= 4 is 89.3 Å². The molecule has 2 aromatic carbocycles. The van der Waals surface area contributed by atoms with E-state index in [4.69, 9.17) is 36.8 Å². The van der Waals surface area contributed by atoms with E-state index in [2.05, 4.69) is 21.3 Å². The number of allylic oxidation sites excluding steroid dienone is 1. The maximum absolute atomic E-state index is 14.5. The molecule has 2 aliphatic heterocycles. The number of ketones is 2. The Hall–Kier alpha value is -7.82. The molecule has 28 heteroatoms. The first kappa shape index (κ1) is 78.3. The average Bonchev–Trinajstić information content (AvgIpc) is 1.58. The van der Waals surface area contributed by atoms with Gasteiger partial charge in [0.25, 0.3) is 0 Å². The molecule has 2 aromatic heterocycles. The lowest BCUT2D eigenvalue weighted by atomic mass is 9.77. The Labute approximate surface area is 598 Å². The van der Waals surface area contributed by atoms with Crippen LogP contribution in [0.15, 0.2) is 73.6 Å². The molecular formula is C74H100N6O20S2. The van der Waals surface area contributed by atoms with E-state index in [1.54, 1.807) is 80.3 Å². The largest absolute Gasteiger partial charge is 0.497 e. The molecule has 4 aliphatic carbocycles. The van der Waals surface area contributed by atoms with Crippen LogP contribution in [-0.4, -0.2) is 159 Å². The number of ether oxygens (including phenoxy) is 6. The van der Waals surface area contributed by atoms with E-state index < -0.39 is 149 Å². The first-order chi connectivity index (χ1) is 47.5. The first-order valence-electron chi connectivity index (χ1n) is 34.9. The number of esters is 2. The summed E-state index contributed by atoms with van der Waals surface area (Å²) in [6.45, 7) is 27.3. The molecule has 6 aliphatic rings. The number of methoxy groups -OCH3 is 2. The van der Waals surface area contributed by atoms with Gasteiger partial charge in [0.05, 0.1) is 87.1 Å². The van der Waals surface area contributed by atoms with E-state index in [-0.39, 0.29) is 69.7 Å². The van der Waals surface area contributed by atoms with Gasteiger partial charge in [0, 0.05) is 48.8 Å². The predicted octanol–water partition coefficient (Wildman–Crippen LogP) is 9.58. The summed E-state index contributed by atoms with van der Waals surface area (Å²) < 4.78 is 99.0. The van der Waals surface area contributed by atoms with E-state index in [1.807, 2.05) is 89.6 Å². The molecular weight excluding hydrogens is 1360 g/mol. The summed E-state index contributed by atoms with van der Waals surface area (Å²) >= 11 is 0. The van der Waals surface area contributed by atoms with Crippen molar-refractivity contribution in [3.63, 3.8) is 0 Å². The average molecular weight is 1460 g/mol. The van der Waals surface area contributed by atoms with Crippen LogP contribution in [0.2, 0.25) is 0 Å². The van der Waals surface area contributed by atoms with E-state index >= 15 is 0 Å². The molecule has 2 N–H and O–H groups in total. The number of nitrogens with zero attached hydrogens (tertiary/aromatic N) is 4. The minimum absolute atomic E-state index is 0.0120. The zero-order valence-electron chi connectivity index (χ0n) is 61.2. The highest BCUT2D eigenvalue weighted by molar-refractivity contribution is 7.85. The van der Waals surface area contributed by atoms with Crippen molar-refractivity contribution in [1.29, 1.82) is 0 Å². The summed E-state index contributed by atoms with van der Waals surface area (Å²) in [5.74, 6) is -4.77. The number of likely N-dealkylation sites (tertiary alicyclic amines) is 2. The smallest absolute Gasteiger partial charge is 0.362 e. The Bertz CT molecular complexity index is 4110. The number of aromatic nitrogens is 2. The third-order valence-electron chi connectivity index (χ3n) is 19.6. The number of hydrogen-bond acceptors (Lipinski definition) is 22. The topological polar surface area (TPSA) is 335 Å². The second-order valence-electron chi connectivity index (χ2n) is 32.1. The molecule has 10 rings (SSSR count). The van der Waals surface area contributed by atoms with Crippen LogP contribution in [0.5, 0.6) is 23.3 Å². The van der Waals surface area contributed by atoms with Gasteiger partial charge in [0.1, 0.15) is 34.9 Å². The van der Waals surface area contributed by atoms with Gasteiger partial charge in [-0.3, -0.25) is 46.7 Å². The lowest BCUT2D eigenvalue weighted by molar-refractivity contribution is -0.161. The molecule has 102 heavy (non-hydrogen) atoms. The minimum atomic E-state index is -4.38. The number of carbonyl (C=O) groups is 8. The van der Waals surface area contributed by atoms with Crippen LogP contribution in [0.1, 0.15) is 173 Å². The fraction of sp³-hybridized carbons (Fsp3) is 0.622.